The number of amides is 1. The van der Waals surface area contributed by atoms with Crippen molar-refractivity contribution >= 4 is 17.7 Å². The van der Waals surface area contributed by atoms with Gasteiger partial charge in [-0.25, -0.2) is 9.78 Å². The molecule has 3 heterocycles. The smallest absolute Gasteiger partial charge is 0.326 e. The Bertz CT molecular complexity index is 1060. The number of pyridine rings is 2. The number of unbranched alkanes of at least 4 members (excludes halogenated alkanes) is 1. The van der Waals surface area contributed by atoms with E-state index in [0.29, 0.717) is 32.5 Å². The van der Waals surface area contributed by atoms with Gasteiger partial charge in [0, 0.05) is 37.4 Å². The third-order valence-corrected chi connectivity index (χ3v) is 7.67. The van der Waals surface area contributed by atoms with E-state index in [0.717, 1.165) is 81.0 Å². The Labute approximate surface area is 239 Å². The number of ether oxygens (including phenoxy) is 1. The van der Waals surface area contributed by atoms with Crippen LogP contribution in [0.15, 0.2) is 30.5 Å². The van der Waals surface area contributed by atoms with Crippen LogP contribution in [-0.2, 0) is 22.4 Å². The van der Waals surface area contributed by atoms with Gasteiger partial charge in [0.1, 0.15) is 24.2 Å². The number of carbonyl (C=O) groups excluding carboxylic acids is 1. The lowest BCUT2D eigenvalue weighted by molar-refractivity contribution is -0.142. The van der Waals surface area contributed by atoms with Gasteiger partial charge in [-0.2, -0.15) is 0 Å². The molecule has 9 heteroatoms. The average molecular weight is 554 g/mol. The van der Waals surface area contributed by atoms with Crippen LogP contribution in [0.1, 0.15) is 75.7 Å². The van der Waals surface area contributed by atoms with Crippen molar-refractivity contribution in [2.45, 2.75) is 84.6 Å². The van der Waals surface area contributed by atoms with Crippen LogP contribution in [0, 0.1) is 12.8 Å². The highest BCUT2D eigenvalue weighted by atomic mass is 16.5. The Balaban J connectivity index is 1.52. The van der Waals surface area contributed by atoms with E-state index in [1.54, 1.807) is 6.20 Å². The van der Waals surface area contributed by atoms with Crippen LogP contribution >= 0.6 is 0 Å². The number of anilines is 1. The average Bonchev–Trinajstić information content (AvgIpc) is 2.96. The van der Waals surface area contributed by atoms with E-state index in [2.05, 4.69) is 46.5 Å². The summed E-state index contributed by atoms with van der Waals surface area (Å²) in [5, 5.41) is 15.9. The number of aliphatic carboxylic acids is 1. The van der Waals surface area contributed by atoms with Crippen molar-refractivity contribution in [3.05, 3.63) is 47.4 Å². The molecule has 0 fully saturated rings. The molecule has 2 aromatic rings. The first-order chi connectivity index (χ1) is 19.4. The van der Waals surface area contributed by atoms with Crippen molar-refractivity contribution in [1.82, 2.24) is 20.2 Å². The number of rotatable bonds is 18. The minimum absolute atomic E-state index is 0.185. The predicted molar refractivity (Wildman–Crippen MR) is 158 cm³/mol. The lowest BCUT2D eigenvalue weighted by Gasteiger charge is -2.25. The number of aryl methyl sites for hydroxylation is 3. The SMILES string of the molecule is CCC(CC)CC(=O)NC(CCN(CCCCc1ccc2c(n1)NCCC2)CCOc1ccc(C)nc1)C(=O)O. The quantitative estimate of drug-likeness (QED) is 0.229. The van der Waals surface area contributed by atoms with Crippen molar-refractivity contribution in [2.75, 3.05) is 38.1 Å². The van der Waals surface area contributed by atoms with E-state index in [1.165, 1.54) is 5.56 Å². The molecule has 1 aliphatic rings. The maximum absolute atomic E-state index is 12.5. The van der Waals surface area contributed by atoms with E-state index in [4.69, 9.17) is 9.72 Å². The first-order valence-corrected chi connectivity index (χ1v) is 14.9. The Morgan fingerprint density at radius 1 is 1.12 bits per heavy atom. The summed E-state index contributed by atoms with van der Waals surface area (Å²) in [5.41, 5.74) is 3.33. The highest BCUT2D eigenvalue weighted by Gasteiger charge is 2.22. The molecule has 0 saturated heterocycles. The second kappa shape index (κ2) is 16.8. The number of carboxylic acid groups (broad SMARTS) is 1. The number of hydrogen-bond acceptors (Lipinski definition) is 7. The highest BCUT2D eigenvalue weighted by molar-refractivity contribution is 5.83. The number of fused-ring (bicyclic) bond motifs is 1. The maximum atomic E-state index is 12.5. The van der Waals surface area contributed by atoms with Crippen LogP contribution in [0.2, 0.25) is 0 Å². The summed E-state index contributed by atoms with van der Waals surface area (Å²) in [6, 6.07) is 7.24. The maximum Gasteiger partial charge on any atom is 0.326 e. The van der Waals surface area contributed by atoms with Gasteiger partial charge in [0.05, 0.1) is 6.20 Å². The van der Waals surface area contributed by atoms with Crippen molar-refractivity contribution < 1.29 is 19.4 Å². The molecular weight excluding hydrogens is 506 g/mol. The number of aromatic nitrogens is 2. The summed E-state index contributed by atoms with van der Waals surface area (Å²) in [4.78, 5) is 35.7. The number of carboxylic acids is 1. The Kier molecular flexibility index (Phi) is 13.2. The molecule has 0 aliphatic carbocycles. The molecule has 220 valence electrons. The molecule has 1 amide bonds. The molecule has 0 bridgehead atoms. The summed E-state index contributed by atoms with van der Waals surface area (Å²) in [5.74, 6) is 0.843. The first kappa shape index (κ1) is 31.3. The van der Waals surface area contributed by atoms with Crippen LogP contribution in [-0.4, -0.2) is 70.7 Å². The van der Waals surface area contributed by atoms with Gasteiger partial charge in [-0.3, -0.25) is 14.7 Å². The van der Waals surface area contributed by atoms with Gasteiger partial charge in [-0.15, -0.1) is 0 Å². The number of nitrogens with one attached hydrogen (secondary N) is 2. The summed E-state index contributed by atoms with van der Waals surface area (Å²) >= 11 is 0. The van der Waals surface area contributed by atoms with E-state index in [9.17, 15) is 14.7 Å². The van der Waals surface area contributed by atoms with Gasteiger partial charge in [0.25, 0.3) is 0 Å². The fraction of sp³-hybridized carbons (Fsp3) is 0.613. The fourth-order valence-corrected chi connectivity index (χ4v) is 4.98. The van der Waals surface area contributed by atoms with Gasteiger partial charge in [-0.05, 0) is 81.7 Å². The van der Waals surface area contributed by atoms with E-state index >= 15 is 0 Å². The molecule has 0 radical (unpaired) electrons. The molecule has 1 aliphatic heterocycles. The molecule has 0 aromatic carbocycles. The molecule has 0 saturated carbocycles. The molecular formula is C31H47N5O4. The zero-order chi connectivity index (χ0) is 28.7. The monoisotopic (exact) mass is 553 g/mol. The van der Waals surface area contributed by atoms with Crippen molar-refractivity contribution in [3.63, 3.8) is 0 Å². The normalized spacial score (nSPS) is 13.5. The van der Waals surface area contributed by atoms with E-state index in [-0.39, 0.29) is 11.8 Å². The van der Waals surface area contributed by atoms with Gasteiger partial charge in [0.2, 0.25) is 5.91 Å². The largest absolute Gasteiger partial charge is 0.491 e. The highest BCUT2D eigenvalue weighted by Crippen LogP contribution is 2.20. The molecule has 1 atom stereocenters. The Morgan fingerprint density at radius 2 is 1.95 bits per heavy atom. The molecule has 1 unspecified atom stereocenters. The van der Waals surface area contributed by atoms with E-state index in [1.807, 2.05) is 19.1 Å². The van der Waals surface area contributed by atoms with E-state index < -0.39 is 12.0 Å². The molecule has 2 aromatic heterocycles. The van der Waals surface area contributed by atoms with Crippen LogP contribution < -0.4 is 15.4 Å². The molecule has 0 spiro atoms. The van der Waals surface area contributed by atoms with Gasteiger partial charge in [0.15, 0.2) is 0 Å². The third kappa shape index (κ3) is 10.8. The minimum atomic E-state index is -0.994. The van der Waals surface area contributed by atoms with Gasteiger partial charge >= 0.3 is 5.97 Å². The molecule has 40 heavy (non-hydrogen) atoms. The first-order valence-electron chi connectivity index (χ1n) is 14.9. The summed E-state index contributed by atoms with van der Waals surface area (Å²) in [6.07, 6.45) is 9.32. The standard InChI is InChI=1S/C31H47N5O4/c1-4-24(5-2)21-29(37)35-28(31(38)39)15-18-36(19-20-40-27-14-11-23(3)33-22-27)17-7-6-10-26-13-12-25-9-8-16-32-30(25)34-26/h11-14,22,24,28H,4-10,15-21H2,1-3H3,(H,32,34)(H,35,37)(H,38,39). The lowest BCUT2D eigenvalue weighted by atomic mass is 9.99. The van der Waals surface area contributed by atoms with Crippen LogP contribution in [0.5, 0.6) is 5.75 Å². The number of carbonyl (C=O) groups is 2. The van der Waals surface area contributed by atoms with Crippen molar-refractivity contribution in [2.24, 2.45) is 5.92 Å². The van der Waals surface area contributed by atoms with Crippen molar-refractivity contribution in [3.8, 4) is 5.75 Å². The number of nitrogens with zero attached hydrogens (tertiary/aromatic N) is 3. The summed E-state index contributed by atoms with van der Waals surface area (Å²) in [7, 11) is 0. The van der Waals surface area contributed by atoms with Gasteiger partial charge in [-0.1, -0.05) is 32.8 Å². The lowest BCUT2D eigenvalue weighted by Crippen LogP contribution is -2.44. The fourth-order valence-electron chi connectivity index (χ4n) is 4.98. The molecule has 9 nitrogen and oxygen atoms in total. The minimum Gasteiger partial charge on any atom is -0.491 e. The Hall–Kier alpha value is -3.20. The third-order valence-electron chi connectivity index (χ3n) is 7.67. The summed E-state index contributed by atoms with van der Waals surface area (Å²) < 4.78 is 5.90. The topological polar surface area (TPSA) is 117 Å². The molecule has 3 rings (SSSR count). The zero-order valence-electron chi connectivity index (χ0n) is 24.5. The van der Waals surface area contributed by atoms with Crippen LogP contribution in [0.3, 0.4) is 0 Å². The van der Waals surface area contributed by atoms with Gasteiger partial charge < -0.3 is 20.5 Å². The van der Waals surface area contributed by atoms with Crippen LogP contribution in [0.25, 0.3) is 0 Å². The van der Waals surface area contributed by atoms with Crippen LogP contribution in [0.4, 0.5) is 5.82 Å². The second-order valence-electron chi connectivity index (χ2n) is 10.8. The number of hydrogen-bond donors (Lipinski definition) is 3. The zero-order valence-corrected chi connectivity index (χ0v) is 24.5. The van der Waals surface area contributed by atoms with Crippen molar-refractivity contribution in [1.29, 1.82) is 0 Å². The Morgan fingerprint density at radius 3 is 2.67 bits per heavy atom. The second-order valence-corrected chi connectivity index (χ2v) is 10.8. The molecule has 3 N–H and O–H groups in total. The predicted octanol–water partition coefficient (Wildman–Crippen LogP) is 4.63. The summed E-state index contributed by atoms with van der Waals surface area (Å²) in [6.45, 7) is 9.53.